The number of guanidine groups is 1. The van der Waals surface area contributed by atoms with Crippen molar-refractivity contribution >= 4 is 51.8 Å². The van der Waals surface area contributed by atoms with Crippen LogP contribution in [0.4, 0.5) is 4.39 Å². The van der Waals surface area contributed by atoms with Crippen molar-refractivity contribution in [2.75, 3.05) is 33.2 Å². The number of hydrogen-bond acceptors (Lipinski definition) is 2. The average Bonchev–Trinajstić information content (AvgIpc) is 2.53. The zero-order valence-electron chi connectivity index (χ0n) is 15.2. The Morgan fingerprint density at radius 1 is 1.28 bits per heavy atom. The van der Waals surface area contributed by atoms with Crippen LogP contribution in [0.2, 0.25) is 0 Å². The molecule has 0 radical (unpaired) electrons. The lowest BCUT2D eigenvalue weighted by Gasteiger charge is -2.25. The van der Waals surface area contributed by atoms with E-state index in [9.17, 15) is 9.18 Å². The van der Waals surface area contributed by atoms with E-state index in [4.69, 9.17) is 0 Å². The van der Waals surface area contributed by atoms with E-state index in [1.165, 1.54) is 6.07 Å². The van der Waals surface area contributed by atoms with E-state index in [1.807, 2.05) is 20.8 Å². The van der Waals surface area contributed by atoms with Crippen LogP contribution in [0.15, 0.2) is 27.7 Å². The third-order valence-electron chi connectivity index (χ3n) is 3.60. The van der Waals surface area contributed by atoms with E-state index < -0.39 is 0 Å². The third kappa shape index (κ3) is 7.89. The van der Waals surface area contributed by atoms with E-state index in [1.54, 1.807) is 29.0 Å². The fraction of sp³-hybridized carbons (Fsp3) is 0.529. The summed E-state index contributed by atoms with van der Waals surface area (Å²) in [5.41, 5.74) is 0.511. The Hall–Kier alpha value is -0.900. The standard InChI is InChI=1S/C17H26BrFN4O.HI/c1-5-20-17(22(4)12-16(24)23(6-2)7-3)21-11-13-8-9-14(18)10-15(13)19;/h8-10H,5-7,11-12H2,1-4H3,(H,20,21);1H. The summed E-state index contributed by atoms with van der Waals surface area (Å²) < 4.78 is 14.6. The number of carbonyl (C=O) groups is 1. The van der Waals surface area contributed by atoms with Gasteiger partial charge in [-0.15, -0.1) is 24.0 Å². The fourth-order valence-corrected chi connectivity index (χ4v) is 2.57. The maximum absolute atomic E-state index is 13.9. The zero-order chi connectivity index (χ0) is 18.1. The number of likely N-dealkylation sites (N-methyl/N-ethyl adjacent to an activating group) is 2. The van der Waals surface area contributed by atoms with E-state index >= 15 is 0 Å². The maximum Gasteiger partial charge on any atom is 0.242 e. The summed E-state index contributed by atoms with van der Waals surface area (Å²) in [5, 5.41) is 3.14. The van der Waals surface area contributed by atoms with Crippen molar-refractivity contribution in [1.29, 1.82) is 0 Å². The van der Waals surface area contributed by atoms with Gasteiger partial charge in [0.2, 0.25) is 5.91 Å². The molecule has 0 unspecified atom stereocenters. The molecule has 1 aromatic rings. The molecule has 1 aromatic carbocycles. The van der Waals surface area contributed by atoms with Crippen molar-refractivity contribution in [1.82, 2.24) is 15.1 Å². The van der Waals surface area contributed by atoms with Gasteiger partial charge in [-0.3, -0.25) is 4.79 Å². The van der Waals surface area contributed by atoms with Crippen LogP contribution in [-0.2, 0) is 11.3 Å². The summed E-state index contributed by atoms with van der Waals surface area (Å²) in [4.78, 5) is 20.2. The van der Waals surface area contributed by atoms with E-state index in [0.29, 0.717) is 35.6 Å². The summed E-state index contributed by atoms with van der Waals surface area (Å²) in [5.74, 6) is 0.328. The Labute approximate surface area is 175 Å². The Bertz CT molecular complexity index is 582. The lowest BCUT2D eigenvalue weighted by molar-refractivity contribution is -0.131. The molecule has 0 aliphatic carbocycles. The van der Waals surface area contributed by atoms with Crippen molar-refractivity contribution in [3.05, 3.63) is 34.1 Å². The van der Waals surface area contributed by atoms with Gasteiger partial charge in [0.1, 0.15) is 5.82 Å². The molecule has 0 saturated heterocycles. The predicted molar refractivity (Wildman–Crippen MR) is 115 cm³/mol. The minimum Gasteiger partial charge on any atom is -0.357 e. The number of nitrogens with one attached hydrogen (secondary N) is 1. The molecule has 0 aromatic heterocycles. The fourth-order valence-electron chi connectivity index (χ4n) is 2.23. The second-order valence-corrected chi connectivity index (χ2v) is 6.24. The highest BCUT2D eigenvalue weighted by atomic mass is 127. The average molecular weight is 529 g/mol. The highest BCUT2D eigenvalue weighted by Gasteiger charge is 2.15. The maximum atomic E-state index is 13.9. The number of hydrogen-bond donors (Lipinski definition) is 1. The van der Waals surface area contributed by atoms with E-state index in [0.717, 1.165) is 0 Å². The van der Waals surface area contributed by atoms with Gasteiger partial charge in [0.15, 0.2) is 5.96 Å². The lowest BCUT2D eigenvalue weighted by Crippen LogP contribution is -2.45. The van der Waals surface area contributed by atoms with Crippen LogP contribution in [0.1, 0.15) is 26.3 Å². The van der Waals surface area contributed by atoms with Crippen LogP contribution in [0.3, 0.4) is 0 Å². The van der Waals surface area contributed by atoms with Crippen LogP contribution < -0.4 is 5.32 Å². The highest BCUT2D eigenvalue weighted by Crippen LogP contribution is 2.16. The van der Waals surface area contributed by atoms with Crippen molar-refractivity contribution in [2.24, 2.45) is 4.99 Å². The Kier molecular flexibility index (Phi) is 12.0. The topological polar surface area (TPSA) is 47.9 Å². The van der Waals surface area contributed by atoms with Crippen molar-refractivity contribution < 1.29 is 9.18 Å². The molecule has 1 N–H and O–H groups in total. The Morgan fingerprint density at radius 2 is 1.92 bits per heavy atom. The molecule has 0 aliphatic rings. The molecule has 0 atom stereocenters. The Morgan fingerprint density at radius 3 is 2.44 bits per heavy atom. The number of rotatable bonds is 7. The molecule has 0 bridgehead atoms. The van der Waals surface area contributed by atoms with Gasteiger partial charge in [-0.25, -0.2) is 9.38 Å². The number of carbonyl (C=O) groups excluding carboxylic acids is 1. The van der Waals surface area contributed by atoms with Gasteiger partial charge in [-0.05, 0) is 32.9 Å². The first kappa shape index (κ1) is 24.1. The van der Waals surface area contributed by atoms with Crippen molar-refractivity contribution in [3.8, 4) is 0 Å². The predicted octanol–water partition coefficient (Wildman–Crippen LogP) is 3.47. The molecule has 142 valence electrons. The summed E-state index contributed by atoms with van der Waals surface area (Å²) in [6.45, 7) is 8.35. The molecule has 8 heteroatoms. The summed E-state index contributed by atoms with van der Waals surface area (Å²) in [7, 11) is 1.81. The van der Waals surface area contributed by atoms with Gasteiger partial charge in [-0.2, -0.15) is 0 Å². The molecule has 5 nitrogen and oxygen atoms in total. The molecule has 0 aliphatic heterocycles. The third-order valence-corrected chi connectivity index (χ3v) is 4.09. The summed E-state index contributed by atoms with van der Waals surface area (Å²) >= 11 is 3.24. The number of halogens is 3. The first-order valence-corrected chi connectivity index (χ1v) is 8.93. The Balaban J connectivity index is 0.00000576. The number of aliphatic imine (C=N–C) groups is 1. The smallest absolute Gasteiger partial charge is 0.242 e. The molecule has 1 rings (SSSR count). The first-order chi connectivity index (χ1) is 11.4. The molecule has 0 heterocycles. The second kappa shape index (κ2) is 12.5. The molecule has 25 heavy (non-hydrogen) atoms. The van der Waals surface area contributed by atoms with E-state index in [2.05, 4.69) is 26.2 Å². The quantitative estimate of drug-likeness (QED) is 0.335. The molecule has 1 amide bonds. The number of nitrogens with zero attached hydrogens (tertiary/aromatic N) is 3. The van der Waals surface area contributed by atoms with Gasteiger partial charge in [-0.1, -0.05) is 22.0 Å². The first-order valence-electron chi connectivity index (χ1n) is 8.14. The minimum atomic E-state index is -0.300. The van der Waals surface area contributed by atoms with E-state index in [-0.39, 0.29) is 48.8 Å². The lowest BCUT2D eigenvalue weighted by atomic mass is 10.2. The molecule has 0 saturated carbocycles. The second-order valence-electron chi connectivity index (χ2n) is 5.33. The van der Waals surface area contributed by atoms with Gasteiger partial charge >= 0.3 is 0 Å². The van der Waals surface area contributed by atoms with Crippen LogP contribution >= 0.6 is 39.9 Å². The monoisotopic (exact) mass is 528 g/mol. The van der Waals surface area contributed by atoms with Gasteiger partial charge in [0.05, 0.1) is 13.1 Å². The molecule has 0 spiro atoms. The van der Waals surface area contributed by atoms with Crippen molar-refractivity contribution in [3.63, 3.8) is 0 Å². The molecule has 0 fully saturated rings. The molecular weight excluding hydrogens is 502 g/mol. The number of amides is 1. The van der Waals surface area contributed by atoms with Gasteiger partial charge in [0.25, 0.3) is 0 Å². The number of benzene rings is 1. The largest absolute Gasteiger partial charge is 0.357 e. The summed E-state index contributed by atoms with van der Waals surface area (Å²) in [6, 6.07) is 4.91. The SMILES string of the molecule is CCNC(=NCc1ccc(Br)cc1F)N(C)CC(=O)N(CC)CC.I. The van der Waals surface area contributed by atoms with Crippen LogP contribution in [0, 0.1) is 5.82 Å². The van der Waals surface area contributed by atoms with Gasteiger partial charge < -0.3 is 15.1 Å². The van der Waals surface area contributed by atoms with Crippen molar-refractivity contribution in [2.45, 2.75) is 27.3 Å². The zero-order valence-corrected chi connectivity index (χ0v) is 19.1. The van der Waals surface area contributed by atoms with Crippen LogP contribution in [0.25, 0.3) is 0 Å². The highest BCUT2D eigenvalue weighted by molar-refractivity contribution is 14.0. The minimum absolute atomic E-state index is 0. The normalized spacial score (nSPS) is 10.9. The van der Waals surface area contributed by atoms with Crippen LogP contribution in [0.5, 0.6) is 0 Å². The van der Waals surface area contributed by atoms with Crippen LogP contribution in [-0.4, -0.2) is 54.9 Å². The molecular formula is C17H27BrFIN4O. The van der Waals surface area contributed by atoms with Gasteiger partial charge in [0, 0.05) is 36.7 Å². The summed E-state index contributed by atoms with van der Waals surface area (Å²) in [6.07, 6.45) is 0.